The summed E-state index contributed by atoms with van der Waals surface area (Å²) in [5, 5.41) is 9.56. The monoisotopic (exact) mass is 569 g/mol. The summed E-state index contributed by atoms with van der Waals surface area (Å²) in [7, 11) is 0. The smallest absolute Gasteiger partial charge is 0.335 e. The molecule has 0 spiro atoms. The van der Waals surface area contributed by atoms with Crippen molar-refractivity contribution in [2.75, 3.05) is 26.3 Å². The molecule has 1 N–H and O–H groups in total. The fourth-order valence-electron chi connectivity index (χ4n) is 6.06. The first-order valence-corrected chi connectivity index (χ1v) is 13.7. The highest BCUT2D eigenvalue weighted by Gasteiger charge is 2.26. The van der Waals surface area contributed by atoms with E-state index in [0.717, 1.165) is 78.7 Å². The largest absolute Gasteiger partial charge is 0.478 e. The minimum atomic E-state index is -2.52. The summed E-state index contributed by atoms with van der Waals surface area (Å²) in [6, 6.07) is 19.1. The van der Waals surface area contributed by atoms with E-state index >= 15 is 0 Å². The molecule has 0 aromatic heterocycles. The predicted octanol–water partition coefficient (Wildman–Crippen LogP) is 8.18. The molecule has 5 rings (SSSR count). The highest BCUT2D eigenvalue weighted by molar-refractivity contribution is 6.00. The number of aromatic carboxylic acids is 1. The van der Waals surface area contributed by atoms with Crippen LogP contribution in [0.4, 0.5) is 13.2 Å². The number of benzene rings is 3. The predicted molar refractivity (Wildman–Crippen MR) is 156 cm³/mol. The van der Waals surface area contributed by atoms with Crippen LogP contribution in [0.2, 0.25) is 0 Å². The zero-order valence-electron chi connectivity index (χ0n) is 22.6. The SMILES string of the molecule is Cc1cc(C2=C(c3ccc(CC4CN(CCCF)C4)cc3)c3ccc(C(=O)O)cc3CCC2)ccc1C(F)F.Cl. The summed E-state index contributed by atoms with van der Waals surface area (Å²) < 4.78 is 39.4. The van der Waals surface area contributed by atoms with E-state index in [2.05, 4.69) is 29.2 Å². The fourth-order valence-corrected chi connectivity index (χ4v) is 6.06. The molecule has 0 atom stereocenters. The topological polar surface area (TPSA) is 40.5 Å². The Bertz CT molecular complexity index is 1380. The molecular weight excluding hydrogens is 535 g/mol. The van der Waals surface area contributed by atoms with Crippen LogP contribution in [0.1, 0.15) is 75.0 Å². The number of fused-ring (bicyclic) bond motifs is 1. The number of hydrogen-bond donors (Lipinski definition) is 1. The Balaban J connectivity index is 0.00000370. The molecule has 1 aliphatic heterocycles. The molecule has 0 bridgehead atoms. The molecule has 1 aliphatic carbocycles. The fraction of sp³-hybridized carbons (Fsp3) is 0.364. The summed E-state index contributed by atoms with van der Waals surface area (Å²) in [4.78, 5) is 14.0. The Morgan fingerprint density at radius 2 is 1.73 bits per heavy atom. The van der Waals surface area contributed by atoms with E-state index < -0.39 is 12.4 Å². The molecule has 1 fully saturated rings. The number of carboxylic acids is 1. The zero-order chi connectivity index (χ0) is 27.5. The van der Waals surface area contributed by atoms with Crippen molar-refractivity contribution in [1.82, 2.24) is 4.90 Å². The van der Waals surface area contributed by atoms with Gasteiger partial charge in [0.05, 0.1) is 12.2 Å². The van der Waals surface area contributed by atoms with Gasteiger partial charge < -0.3 is 10.0 Å². The molecule has 3 nitrogen and oxygen atoms in total. The van der Waals surface area contributed by atoms with Gasteiger partial charge in [-0.3, -0.25) is 4.39 Å². The van der Waals surface area contributed by atoms with Gasteiger partial charge in [-0.1, -0.05) is 48.5 Å². The second-order valence-electron chi connectivity index (χ2n) is 10.8. The Kier molecular flexibility index (Phi) is 9.75. The van der Waals surface area contributed by atoms with Crippen LogP contribution in [0, 0.1) is 12.8 Å². The van der Waals surface area contributed by atoms with Gasteiger partial charge >= 0.3 is 5.97 Å². The van der Waals surface area contributed by atoms with Crippen molar-refractivity contribution in [2.45, 2.75) is 45.5 Å². The lowest BCUT2D eigenvalue weighted by molar-refractivity contribution is 0.0696. The maximum atomic E-state index is 13.5. The number of carbonyl (C=O) groups is 1. The molecule has 3 aromatic carbocycles. The molecule has 0 unspecified atom stereocenters. The molecular formula is C33H35ClF3NO2. The van der Waals surface area contributed by atoms with Gasteiger partial charge in [-0.2, -0.15) is 0 Å². The lowest BCUT2D eigenvalue weighted by atomic mass is 9.85. The van der Waals surface area contributed by atoms with Gasteiger partial charge in [0.1, 0.15) is 0 Å². The summed E-state index contributed by atoms with van der Waals surface area (Å²) in [5.74, 6) is -0.371. The van der Waals surface area contributed by atoms with Crippen LogP contribution in [0.25, 0.3) is 11.1 Å². The molecule has 0 amide bonds. The second-order valence-corrected chi connectivity index (χ2v) is 10.8. The lowest BCUT2D eigenvalue weighted by Crippen LogP contribution is -2.47. The van der Waals surface area contributed by atoms with E-state index in [4.69, 9.17) is 0 Å². The van der Waals surface area contributed by atoms with E-state index in [9.17, 15) is 23.1 Å². The van der Waals surface area contributed by atoms with Crippen LogP contribution in [0.15, 0.2) is 60.7 Å². The van der Waals surface area contributed by atoms with E-state index in [0.29, 0.717) is 17.9 Å². The third-order valence-corrected chi connectivity index (χ3v) is 8.06. The minimum absolute atomic E-state index is 0. The molecule has 1 saturated heterocycles. The quantitative estimate of drug-likeness (QED) is 0.282. The van der Waals surface area contributed by atoms with E-state index in [1.165, 1.54) is 11.6 Å². The van der Waals surface area contributed by atoms with Gasteiger partial charge in [-0.25, -0.2) is 13.6 Å². The maximum Gasteiger partial charge on any atom is 0.335 e. The Labute approximate surface area is 240 Å². The number of aryl methyl sites for hydroxylation is 2. The summed E-state index contributed by atoms with van der Waals surface area (Å²) in [6.07, 6.45) is 1.40. The van der Waals surface area contributed by atoms with Crippen molar-refractivity contribution < 1.29 is 23.1 Å². The highest BCUT2D eigenvalue weighted by atomic mass is 35.5. The van der Waals surface area contributed by atoms with Gasteiger partial charge in [0.15, 0.2) is 0 Å². The third kappa shape index (κ3) is 6.45. The molecule has 2 aliphatic rings. The zero-order valence-corrected chi connectivity index (χ0v) is 23.5. The van der Waals surface area contributed by atoms with Crippen LogP contribution in [-0.4, -0.2) is 42.3 Å². The van der Waals surface area contributed by atoms with E-state index in [1.807, 2.05) is 12.1 Å². The average molecular weight is 570 g/mol. The second kappa shape index (κ2) is 13.0. The van der Waals surface area contributed by atoms with Crippen molar-refractivity contribution in [1.29, 1.82) is 0 Å². The summed E-state index contributed by atoms with van der Waals surface area (Å²) >= 11 is 0. The number of likely N-dealkylation sites (tertiary alicyclic amines) is 1. The number of hydrogen-bond acceptors (Lipinski definition) is 2. The van der Waals surface area contributed by atoms with Crippen LogP contribution < -0.4 is 0 Å². The van der Waals surface area contributed by atoms with E-state index in [1.54, 1.807) is 25.1 Å². The number of alkyl halides is 3. The van der Waals surface area contributed by atoms with Gasteiger partial charge in [0, 0.05) is 25.2 Å². The molecule has 0 radical (unpaired) electrons. The third-order valence-electron chi connectivity index (χ3n) is 8.06. The Morgan fingerprint density at radius 3 is 2.38 bits per heavy atom. The molecule has 0 saturated carbocycles. The standard InChI is InChI=1S/C33H34F3NO2.ClH/c1-21-16-26(10-12-28(21)32(35)36)29-5-2-4-25-18-27(33(38)39)11-13-30(25)31(29)24-8-6-22(7-9-24)17-23-19-37(20-23)15-3-14-34;/h6-13,16,18,23,32H,2-5,14-15,17,19-20H2,1H3,(H,38,39);1H. The first kappa shape index (κ1) is 29.9. The molecule has 7 heteroatoms. The van der Waals surface area contributed by atoms with Crippen molar-refractivity contribution in [2.24, 2.45) is 5.92 Å². The number of carboxylic acid groups (broad SMARTS) is 1. The highest BCUT2D eigenvalue weighted by Crippen LogP contribution is 2.41. The van der Waals surface area contributed by atoms with E-state index in [-0.39, 0.29) is 30.2 Å². The van der Waals surface area contributed by atoms with Gasteiger partial charge in [0.2, 0.25) is 0 Å². The molecule has 3 aromatic rings. The van der Waals surface area contributed by atoms with Gasteiger partial charge in [0.25, 0.3) is 6.43 Å². The van der Waals surface area contributed by atoms with Gasteiger partial charge in [-0.15, -0.1) is 12.4 Å². The van der Waals surface area contributed by atoms with Crippen molar-refractivity contribution in [3.63, 3.8) is 0 Å². The molecule has 212 valence electrons. The van der Waals surface area contributed by atoms with Crippen molar-refractivity contribution >= 4 is 29.5 Å². The summed E-state index contributed by atoms with van der Waals surface area (Å²) in [6.45, 7) is 4.29. The Hall–Kier alpha value is -3.09. The van der Waals surface area contributed by atoms with Crippen LogP contribution in [-0.2, 0) is 12.8 Å². The molecule has 1 heterocycles. The Morgan fingerprint density at radius 1 is 1.00 bits per heavy atom. The normalized spacial score (nSPS) is 15.8. The maximum absolute atomic E-state index is 13.5. The van der Waals surface area contributed by atoms with Crippen molar-refractivity contribution in [3.8, 4) is 0 Å². The molecule has 40 heavy (non-hydrogen) atoms. The average Bonchev–Trinajstić information content (AvgIpc) is 3.09. The van der Waals surface area contributed by atoms with Crippen LogP contribution >= 0.6 is 12.4 Å². The number of allylic oxidation sites excluding steroid dienone is 1. The lowest BCUT2D eigenvalue weighted by Gasteiger charge is -2.39. The summed E-state index contributed by atoms with van der Waals surface area (Å²) in [5.41, 5.74) is 8.22. The first-order valence-electron chi connectivity index (χ1n) is 13.7. The number of halogens is 4. The van der Waals surface area contributed by atoms with Gasteiger partial charge in [-0.05, 0) is 102 Å². The minimum Gasteiger partial charge on any atom is -0.478 e. The van der Waals surface area contributed by atoms with Crippen LogP contribution in [0.3, 0.4) is 0 Å². The van der Waals surface area contributed by atoms with Crippen LogP contribution in [0.5, 0.6) is 0 Å². The number of nitrogens with zero attached hydrogens (tertiary/aromatic N) is 1. The van der Waals surface area contributed by atoms with Crippen molar-refractivity contribution in [3.05, 3.63) is 105 Å². The number of rotatable bonds is 9. The first-order chi connectivity index (χ1) is 18.8.